The quantitative estimate of drug-likeness (QED) is 0.507. The van der Waals surface area contributed by atoms with E-state index in [0.29, 0.717) is 0 Å². The lowest BCUT2D eigenvalue weighted by molar-refractivity contribution is -0.159. The van der Waals surface area contributed by atoms with Crippen LogP contribution in [-0.2, 0) is 11.3 Å². The van der Waals surface area contributed by atoms with Gasteiger partial charge in [-0.05, 0) is 23.3 Å². The van der Waals surface area contributed by atoms with Crippen molar-refractivity contribution in [1.29, 1.82) is 5.26 Å². The Morgan fingerprint density at radius 2 is 1.55 bits per heavy atom. The fourth-order valence-electron chi connectivity index (χ4n) is 2.49. The van der Waals surface area contributed by atoms with Crippen molar-refractivity contribution in [1.82, 2.24) is 4.90 Å². The van der Waals surface area contributed by atoms with Crippen molar-refractivity contribution in [2.24, 2.45) is 0 Å². The van der Waals surface area contributed by atoms with Gasteiger partial charge in [-0.2, -0.15) is 31.6 Å². The fraction of sp³-hybridized carbons (Fsp3) is 0.200. The van der Waals surface area contributed by atoms with Crippen LogP contribution in [0.4, 0.5) is 26.3 Å². The maximum atomic E-state index is 13.4. The van der Waals surface area contributed by atoms with Gasteiger partial charge < -0.3 is 4.90 Å². The zero-order chi connectivity index (χ0) is 21.7. The minimum Gasteiger partial charge on any atom is -0.326 e. The van der Waals surface area contributed by atoms with Crippen LogP contribution in [0.15, 0.2) is 60.7 Å². The topological polar surface area (TPSA) is 44.1 Å². The Hall–Kier alpha value is -3.28. The average Bonchev–Trinajstić information content (AvgIpc) is 2.64. The van der Waals surface area contributed by atoms with E-state index in [9.17, 15) is 31.1 Å². The van der Waals surface area contributed by atoms with Crippen molar-refractivity contribution in [2.45, 2.75) is 18.9 Å². The van der Waals surface area contributed by atoms with E-state index >= 15 is 0 Å². The van der Waals surface area contributed by atoms with Crippen molar-refractivity contribution in [2.75, 3.05) is 6.54 Å². The number of nitrogens with zero attached hydrogens (tertiary/aromatic N) is 2. The Bertz CT molecular complexity index is 909. The molecule has 0 aliphatic rings. The van der Waals surface area contributed by atoms with E-state index in [1.165, 1.54) is 42.5 Å². The molecule has 0 radical (unpaired) electrons. The third-order valence-electron chi connectivity index (χ3n) is 3.80. The molecule has 152 valence electrons. The van der Waals surface area contributed by atoms with Gasteiger partial charge in [0.05, 0.1) is 17.2 Å². The molecule has 29 heavy (non-hydrogen) atoms. The van der Waals surface area contributed by atoms with Crippen LogP contribution in [0.3, 0.4) is 0 Å². The van der Waals surface area contributed by atoms with Gasteiger partial charge in [-0.3, -0.25) is 4.79 Å². The molecule has 0 spiro atoms. The average molecular weight is 412 g/mol. The Morgan fingerprint density at radius 1 is 0.966 bits per heavy atom. The zero-order valence-electron chi connectivity index (χ0n) is 14.8. The normalized spacial score (nSPS) is 12.4. The lowest BCUT2D eigenvalue weighted by Gasteiger charge is -2.24. The predicted molar refractivity (Wildman–Crippen MR) is 93.1 cm³/mol. The lowest BCUT2D eigenvalue weighted by atomic mass is 10.0. The zero-order valence-corrected chi connectivity index (χ0v) is 14.8. The molecule has 0 atom stereocenters. The molecule has 0 aromatic heterocycles. The van der Waals surface area contributed by atoms with Gasteiger partial charge >= 0.3 is 12.4 Å². The van der Waals surface area contributed by atoms with Gasteiger partial charge in [0.1, 0.15) is 6.54 Å². The predicted octanol–water partition coefficient (Wildman–Crippen LogP) is 5.10. The van der Waals surface area contributed by atoms with Gasteiger partial charge in [-0.1, -0.05) is 42.5 Å². The van der Waals surface area contributed by atoms with E-state index in [4.69, 9.17) is 5.26 Å². The molecule has 0 N–H and O–H groups in total. The van der Waals surface area contributed by atoms with Gasteiger partial charge in [0, 0.05) is 12.6 Å². The highest BCUT2D eigenvalue weighted by molar-refractivity contribution is 5.96. The second-order valence-electron chi connectivity index (χ2n) is 6.04. The van der Waals surface area contributed by atoms with Crippen LogP contribution >= 0.6 is 0 Å². The van der Waals surface area contributed by atoms with Crippen molar-refractivity contribution in [3.63, 3.8) is 0 Å². The van der Waals surface area contributed by atoms with Crippen molar-refractivity contribution < 1.29 is 31.1 Å². The Balaban J connectivity index is 2.38. The number of rotatable bonds is 5. The summed E-state index contributed by atoms with van der Waals surface area (Å²) >= 11 is 0. The number of hydrogen-bond donors (Lipinski definition) is 0. The standard InChI is InChI=1S/C20H14F6N2O/c21-19(22,23)13-28(12-15-8-6-14(11-27)7-9-15)18(29)10-17(20(24,25)26)16-4-2-1-3-5-16/h1-10H,12-13H2/b17-10+. The van der Waals surface area contributed by atoms with Gasteiger partial charge in [0.15, 0.2) is 0 Å². The minimum absolute atomic E-state index is 0.171. The highest BCUT2D eigenvalue weighted by atomic mass is 19.4. The molecule has 2 rings (SSSR count). The molecule has 3 nitrogen and oxygen atoms in total. The van der Waals surface area contributed by atoms with E-state index in [2.05, 4.69) is 0 Å². The van der Waals surface area contributed by atoms with Crippen molar-refractivity contribution in [3.05, 3.63) is 77.4 Å². The monoisotopic (exact) mass is 412 g/mol. The number of amides is 1. The fourth-order valence-corrected chi connectivity index (χ4v) is 2.49. The smallest absolute Gasteiger partial charge is 0.326 e. The first-order valence-electron chi connectivity index (χ1n) is 8.18. The first-order valence-corrected chi connectivity index (χ1v) is 8.18. The number of halogens is 6. The van der Waals surface area contributed by atoms with Crippen LogP contribution in [0.25, 0.3) is 5.57 Å². The summed E-state index contributed by atoms with van der Waals surface area (Å²) in [5.74, 6) is -1.43. The molecule has 0 aliphatic carbocycles. The molecular weight excluding hydrogens is 398 g/mol. The number of carbonyl (C=O) groups excluding carboxylic acids is 1. The van der Waals surface area contributed by atoms with E-state index < -0.39 is 36.9 Å². The number of nitriles is 1. The Morgan fingerprint density at radius 3 is 2.03 bits per heavy atom. The molecule has 0 aliphatic heterocycles. The molecule has 0 heterocycles. The van der Waals surface area contributed by atoms with Gasteiger partial charge in [0.25, 0.3) is 0 Å². The molecule has 0 bridgehead atoms. The summed E-state index contributed by atoms with van der Waals surface area (Å²) in [7, 11) is 0. The molecule has 2 aromatic rings. The van der Waals surface area contributed by atoms with E-state index in [0.717, 1.165) is 12.1 Å². The Labute approximate surface area is 162 Å². The summed E-state index contributed by atoms with van der Waals surface area (Å²) in [4.78, 5) is 12.6. The number of carbonyl (C=O) groups is 1. The largest absolute Gasteiger partial charge is 0.417 e. The van der Waals surface area contributed by atoms with E-state index in [1.807, 2.05) is 6.07 Å². The van der Waals surface area contributed by atoms with Gasteiger partial charge in [0.2, 0.25) is 5.91 Å². The molecular formula is C20H14F6N2O. The third-order valence-corrected chi connectivity index (χ3v) is 3.80. The SMILES string of the molecule is N#Cc1ccc(CN(CC(F)(F)F)C(=O)/C=C(\c2ccccc2)C(F)(F)F)cc1. The highest BCUT2D eigenvalue weighted by Gasteiger charge is 2.37. The minimum atomic E-state index is -4.94. The molecule has 9 heteroatoms. The molecule has 0 unspecified atom stereocenters. The van der Waals surface area contributed by atoms with Crippen LogP contribution in [0, 0.1) is 11.3 Å². The molecule has 2 aromatic carbocycles. The van der Waals surface area contributed by atoms with Crippen LogP contribution in [0.2, 0.25) is 0 Å². The maximum absolute atomic E-state index is 13.4. The summed E-state index contributed by atoms with van der Waals surface area (Å²) in [6.07, 6.45) is -9.57. The van der Waals surface area contributed by atoms with Crippen LogP contribution < -0.4 is 0 Å². The molecule has 1 amide bonds. The Kier molecular flexibility index (Phi) is 6.69. The first-order chi connectivity index (χ1) is 13.5. The number of alkyl halides is 6. The van der Waals surface area contributed by atoms with Crippen molar-refractivity contribution in [3.8, 4) is 6.07 Å². The summed E-state index contributed by atoms with van der Waals surface area (Å²) in [5.41, 5.74) is -1.18. The van der Waals surface area contributed by atoms with E-state index in [1.54, 1.807) is 0 Å². The molecule has 0 saturated heterocycles. The molecule has 0 fully saturated rings. The number of allylic oxidation sites excluding steroid dienone is 1. The second kappa shape index (κ2) is 8.82. The summed E-state index contributed by atoms with van der Waals surface area (Å²) < 4.78 is 78.9. The second-order valence-corrected chi connectivity index (χ2v) is 6.04. The summed E-state index contributed by atoms with van der Waals surface area (Å²) in [6.45, 7) is -2.29. The highest BCUT2D eigenvalue weighted by Crippen LogP contribution is 2.34. The third kappa shape index (κ3) is 6.68. The summed E-state index contributed by atoms with van der Waals surface area (Å²) in [5, 5.41) is 8.76. The van der Waals surface area contributed by atoms with Gasteiger partial charge in [-0.15, -0.1) is 0 Å². The number of benzene rings is 2. The molecule has 0 saturated carbocycles. The van der Waals surface area contributed by atoms with Crippen LogP contribution in [0.5, 0.6) is 0 Å². The number of hydrogen-bond acceptors (Lipinski definition) is 2. The van der Waals surface area contributed by atoms with Crippen LogP contribution in [-0.4, -0.2) is 29.7 Å². The van der Waals surface area contributed by atoms with Crippen LogP contribution in [0.1, 0.15) is 16.7 Å². The van der Waals surface area contributed by atoms with Gasteiger partial charge in [-0.25, -0.2) is 0 Å². The lowest BCUT2D eigenvalue weighted by Crippen LogP contribution is -2.38. The summed E-state index contributed by atoms with van der Waals surface area (Å²) in [6, 6.07) is 13.5. The first kappa shape index (κ1) is 22.0. The van der Waals surface area contributed by atoms with E-state index in [-0.39, 0.29) is 27.7 Å². The maximum Gasteiger partial charge on any atom is 0.417 e. The van der Waals surface area contributed by atoms with Crippen molar-refractivity contribution >= 4 is 11.5 Å².